The topological polar surface area (TPSA) is 48.0 Å². The lowest BCUT2D eigenvalue weighted by Gasteiger charge is -1.97. The van der Waals surface area contributed by atoms with E-state index in [4.69, 9.17) is 4.42 Å². The van der Waals surface area contributed by atoms with Crippen molar-refractivity contribution in [1.82, 2.24) is 9.55 Å². The smallest absolute Gasteiger partial charge is 0.168 e. The molecule has 0 N–H and O–H groups in total. The number of benzene rings is 1. The Kier molecular flexibility index (Phi) is 2.30. The molecule has 0 aliphatic heterocycles. The molecule has 0 atom stereocenters. The predicted octanol–water partition coefficient (Wildman–Crippen LogP) is 2.95. The van der Waals surface area contributed by atoms with Crippen molar-refractivity contribution in [2.24, 2.45) is 7.05 Å². The van der Waals surface area contributed by atoms with E-state index in [9.17, 15) is 4.79 Å². The number of furan rings is 1. The van der Waals surface area contributed by atoms with E-state index in [0.717, 1.165) is 28.6 Å². The van der Waals surface area contributed by atoms with Gasteiger partial charge in [0, 0.05) is 18.0 Å². The first kappa shape index (κ1) is 10.8. The summed E-state index contributed by atoms with van der Waals surface area (Å²) in [7, 11) is 1.83. The normalized spacial score (nSPS) is 11.0. The Morgan fingerprint density at radius 2 is 2.11 bits per heavy atom. The van der Waals surface area contributed by atoms with Crippen LogP contribution in [0.2, 0.25) is 0 Å². The van der Waals surface area contributed by atoms with E-state index in [0.29, 0.717) is 11.4 Å². The maximum atomic E-state index is 11.2. The summed E-state index contributed by atoms with van der Waals surface area (Å²) in [6.45, 7) is 1.87. The molecule has 3 rings (SSSR count). The first-order chi connectivity index (χ1) is 8.72. The molecular formula is C14H12N2O2. The summed E-state index contributed by atoms with van der Waals surface area (Å²) in [5.74, 6) is 0.803. The van der Waals surface area contributed by atoms with Crippen molar-refractivity contribution in [1.29, 1.82) is 0 Å². The average Bonchev–Trinajstić information content (AvgIpc) is 2.92. The monoisotopic (exact) mass is 240 g/mol. The van der Waals surface area contributed by atoms with E-state index in [1.54, 1.807) is 10.8 Å². The summed E-state index contributed by atoms with van der Waals surface area (Å²) in [5, 5.41) is 0.971. The van der Waals surface area contributed by atoms with Crippen molar-refractivity contribution in [2.75, 3.05) is 0 Å². The standard InChI is InChI=1S/C14H12N2O2/c1-9-15-14(12(7-17)16(9)2)11-8-18-13-6-4-3-5-10(11)13/h3-8H,1-2H3. The molecule has 2 heterocycles. The zero-order chi connectivity index (χ0) is 12.7. The molecule has 0 fully saturated rings. The Balaban J connectivity index is 2.33. The van der Waals surface area contributed by atoms with Crippen molar-refractivity contribution >= 4 is 17.3 Å². The third kappa shape index (κ3) is 1.39. The maximum Gasteiger partial charge on any atom is 0.168 e. The summed E-state index contributed by atoms with van der Waals surface area (Å²) in [4.78, 5) is 15.6. The van der Waals surface area contributed by atoms with Crippen LogP contribution < -0.4 is 0 Å². The molecule has 0 bridgehead atoms. The number of rotatable bonds is 2. The molecule has 18 heavy (non-hydrogen) atoms. The highest BCUT2D eigenvalue weighted by Crippen LogP contribution is 2.31. The number of aromatic nitrogens is 2. The van der Waals surface area contributed by atoms with E-state index in [1.807, 2.05) is 38.2 Å². The van der Waals surface area contributed by atoms with Gasteiger partial charge in [-0.25, -0.2) is 4.98 Å². The molecule has 1 aromatic carbocycles. The predicted molar refractivity (Wildman–Crippen MR) is 68.5 cm³/mol. The quantitative estimate of drug-likeness (QED) is 0.647. The number of aldehydes is 1. The van der Waals surface area contributed by atoms with Gasteiger partial charge in [-0.05, 0) is 13.0 Å². The third-order valence-corrected chi connectivity index (χ3v) is 3.21. The molecule has 0 saturated carbocycles. The minimum atomic E-state index is 0.569. The second-order valence-electron chi connectivity index (χ2n) is 4.22. The second kappa shape index (κ2) is 3.84. The van der Waals surface area contributed by atoms with Crippen LogP contribution in [0.1, 0.15) is 16.3 Å². The lowest BCUT2D eigenvalue weighted by atomic mass is 10.1. The van der Waals surface area contributed by atoms with Crippen molar-refractivity contribution in [3.63, 3.8) is 0 Å². The number of fused-ring (bicyclic) bond motifs is 1. The number of hydrogen-bond donors (Lipinski definition) is 0. The van der Waals surface area contributed by atoms with Crippen LogP contribution >= 0.6 is 0 Å². The van der Waals surface area contributed by atoms with Gasteiger partial charge in [0.25, 0.3) is 0 Å². The number of nitrogens with zero attached hydrogens (tertiary/aromatic N) is 2. The fourth-order valence-electron chi connectivity index (χ4n) is 2.12. The number of carbonyl (C=O) groups is 1. The Hall–Kier alpha value is -2.36. The first-order valence-electron chi connectivity index (χ1n) is 5.67. The van der Waals surface area contributed by atoms with Gasteiger partial charge in [-0.2, -0.15) is 0 Å². The molecule has 4 heteroatoms. The molecule has 0 radical (unpaired) electrons. The zero-order valence-electron chi connectivity index (χ0n) is 10.2. The molecule has 0 amide bonds. The van der Waals surface area contributed by atoms with Gasteiger partial charge in [0.05, 0.1) is 0 Å². The summed E-state index contributed by atoms with van der Waals surface area (Å²) >= 11 is 0. The molecular weight excluding hydrogens is 228 g/mol. The van der Waals surface area contributed by atoms with Gasteiger partial charge in [0.2, 0.25) is 0 Å². The lowest BCUT2D eigenvalue weighted by molar-refractivity contribution is 0.111. The Morgan fingerprint density at radius 3 is 2.89 bits per heavy atom. The highest BCUT2D eigenvalue weighted by Gasteiger charge is 2.17. The van der Waals surface area contributed by atoms with Gasteiger partial charge in [-0.1, -0.05) is 18.2 Å². The molecule has 0 aliphatic rings. The van der Waals surface area contributed by atoms with Crippen molar-refractivity contribution in [3.05, 3.63) is 42.0 Å². The lowest BCUT2D eigenvalue weighted by Crippen LogP contribution is -1.97. The molecule has 0 saturated heterocycles. The van der Waals surface area contributed by atoms with Gasteiger partial charge in [-0.3, -0.25) is 4.79 Å². The van der Waals surface area contributed by atoms with Gasteiger partial charge < -0.3 is 8.98 Å². The summed E-state index contributed by atoms with van der Waals surface area (Å²) in [6.07, 6.45) is 2.48. The number of para-hydroxylation sites is 1. The number of carbonyl (C=O) groups excluding carboxylic acids is 1. The number of aryl methyl sites for hydroxylation is 1. The summed E-state index contributed by atoms with van der Waals surface area (Å²) < 4.78 is 7.27. The average molecular weight is 240 g/mol. The molecule has 0 aliphatic carbocycles. The van der Waals surface area contributed by atoms with Gasteiger partial charge in [0.15, 0.2) is 6.29 Å². The summed E-state index contributed by atoms with van der Waals surface area (Å²) in [5.41, 5.74) is 2.90. The van der Waals surface area contributed by atoms with Gasteiger partial charge in [-0.15, -0.1) is 0 Å². The molecule has 90 valence electrons. The van der Waals surface area contributed by atoms with Crippen LogP contribution in [0.15, 0.2) is 34.9 Å². The van der Waals surface area contributed by atoms with Crippen LogP contribution in [-0.2, 0) is 7.05 Å². The largest absolute Gasteiger partial charge is 0.464 e. The van der Waals surface area contributed by atoms with Gasteiger partial charge >= 0.3 is 0 Å². The first-order valence-corrected chi connectivity index (χ1v) is 5.67. The molecule has 2 aromatic heterocycles. The van der Waals surface area contributed by atoms with Crippen molar-refractivity contribution < 1.29 is 9.21 Å². The van der Waals surface area contributed by atoms with Crippen molar-refractivity contribution in [3.8, 4) is 11.3 Å². The van der Waals surface area contributed by atoms with Gasteiger partial charge in [0.1, 0.15) is 29.1 Å². The minimum Gasteiger partial charge on any atom is -0.464 e. The van der Waals surface area contributed by atoms with E-state index in [1.165, 1.54) is 0 Å². The second-order valence-corrected chi connectivity index (χ2v) is 4.22. The third-order valence-electron chi connectivity index (χ3n) is 3.21. The highest BCUT2D eigenvalue weighted by atomic mass is 16.3. The number of hydrogen-bond acceptors (Lipinski definition) is 3. The van der Waals surface area contributed by atoms with Crippen LogP contribution in [-0.4, -0.2) is 15.8 Å². The fourth-order valence-corrected chi connectivity index (χ4v) is 2.12. The fraction of sp³-hybridized carbons (Fsp3) is 0.143. The van der Waals surface area contributed by atoms with Crippen LogP contribution in [0.25, 0.3) is 22.2 Å². The molecule has 3 aromatic rings. The molecule has 0 spiro atoms. The molecule has 0 unspecified atom stereocenters. The Bertz CT molecular complexity index is 737. The highest BCUT2D eigenvalue weighted by molar-refractivity contribution is 5.97. The summed E-state index contributed by atoms with van der Waals surface area (Å²) in [6, 6.07) is 7.72. The van der Waals surface area contributed by atoms with Crippen LogP contribution in [0.4, 0.5) is 0 Å². The molecule has 4 nitrogen and oxygen atoms in total. The van der Waals surface area contributed by atoms with Crippen LogP contribution in [0.5, 0.6) is 0 Å². The Morgan fingerprint density at radius 1 is 1.33 bits per heavy atom. The Labute approximate surface area is 104 Å². The van der Waals surface area contributed by atoms with E-state index >= 15 is 0 Å². The van der Waals surface area contributed by atoms with Crippen LogP contribution in [0, 0.1) is 6.92 Å². The number of imidazole rings is 1. The van der Waals surface area contributed by atoms with Crippen molar-refractivity contribution in [2.45, 2.75) is 6.92 Å². The zero-order valence-corrected chi connectivity index (χ0v) is 10.2. The maximum absolute atomic E-state index is 11.2. The SMILES string of the molecule is Cc1nc(-c2coc3ccccc23)c(C=O)n1C. The van der Waals surface area contributed by atoms with Crippen LogP contribution in [0.3, 0.4) is 0 Å². The minimum absolute atomic E-state index is 0.569. The van der Waals surface area contributed by atoms with E-state index in [-0.39, 0.29) is 0 Å². The van der Waals surface area contributed by atoms with E-state index in [2.05, 4.69) is 4.98 Å². The van der Waals surface area contributed by atoms with E-state index < -0.39 is 0 Å².